The first-order valence-corrected chi connectivity index (χ1v) is 3.96. The van der Waals surface area contributed by atoms with Crippen LogP contribution in [-0.2, 0) is 0 Å². The van der Waals surface area contributed by atoms with Gasteiger partial charge in [0, 0.05) is 12.6 Å². The van der Waals surface area contributed by atoms with Gasteiger partial charge in [-0.1, -0.05) is 12.1 Å². The molecule has 1 heterocycles. The molecule has 74 valence electrons. The van der Waals surface area contributed by atoms with Crippen LogP contribution in [0.2, 0.25) is 0 Å². The summed E-state index contributed by atoms with van der Waals surface area (Å²) in [5.74, 6) is 0. The second-order valence-corrected chi connectivity index (χ2v) is 2.97. The summed E-state index contributed by atoms with van der Waals surface area (Å²) in [5.41, 5.74) is 2.43. The van der Waals surface area contributed by atoms with Crippen molar-refractivity contribution < 1.29 is 0 Å². The van der Waals surface area contributed by atoms with Crippen molar-refractivity contribution >= 4 is 36.2 Å². The second-order valence-electron chi connectivity index (χ2n) is 2.97. The topological polar surface area (TPSA) is 24.1 Å². The first-order chi connectivity index (χ1) is 5.36. The van der Waals surface area contributed by atoms with Gasteiger partial charge in [0.15, 0.2) is 0 Å². The van der Waals surface area contributed by atoms with Gasteiger partial charge in [-0.2, -0.15) is 0 Å². The molecule has 2 nitrogen and oxygen atoms in total. The van der Waals surface area contributed by atoms with Crippen molar-refractivity contribution in [2.24, 2.45) is 0 Å². The number of benzene rings is 1. The van der Waals surface area contributed by atoms with Crippen LogP contribution in [0.1, 0.15) is 6.92 Å². The van der Waals surface area contributed by atoms with E-state index in [2.05, 4.69) is 29.7 Å². The zero-order chi connectivity index (χ0) is 7.68. The van der Waals surface area contributed by atoms with Crippen molar-refractivity contribution in [3.05, 3.63) is 24.3 Å². The lowest BCUT2D eigenvalue weighted by molar-refractivity contribution is 0.818. The minimum Gasteiger partial charge on any atom is -0.381 e. The fourth-order valence-electron chi connectivity index (χ4n) is 1.34. The standard InChI is InChI=1S/C9H12N2.2ClH/c1-7-6-10-8-4-2-3-5-9(8)11-7;;/h2-5,7,10-11H,6H2,1H3;2*1H/t7-;;/m0../s1. The van der Waals surface area contributed by atoms with Gasteiger partial charge in [0.2, 0.25) is 0 Å². The molecule has 0 bridgehead atoms. The van der Waals surface area contributed by atoms with Crippen LogP contribution in [-0.4, -0.2) is 12.6 Å². The number of rotatable bonds is 0. The van der Waals surface area contributed by atoms with Crippen LogP contribution in [0.5, 0.6) is 0 Å². The van der Waals surface area contributed by atoms with E-state index in [1.54, 1.807) is 0 Å². The highest BCUT2D eigenvalue weighted by Gasteiger charge is 2.10. The molecular weight excluding hydrogens is 207 g/mol. The van der Waals surface area contributed by atoms with Crippen LogP contribution in [0.3, 0.4) is 0 Å². The molecule has 0 amide bonds. The van der Waals surface area contributed by atoms with Crippen LogP contribution in [0.4, 0.5) is 11.4 Å². The lowest BCUT2D eigenvalue weighted by Crippen LogP contribution is -2.29. The summed E-state index contributed by atoms with van der Waals surface area (Å²) < 4.78 is 0. The Morgan fingerprint density at radius 2 is 1.77 bits per heavy atom. The zero-order valence-corrected chi connectivity index (χ0v) is 9.04. The van der Waals surface area contributed by atoms with E-state index in [0.717, 1.165) is 6.54 Å². The number of halogens is 2. The molecule has 1 aliphatic heterocycles. The molecule has 1 aliphatic rings. The number of hydrogen-bond acceptors (Lipinski definition) is 2. The molecular formula is C9H14Cl2N2. The van der Waals surface area contributed by atoms with Crippen LogP contribution in [0, 0.1) is 0 Å². The number of anilines is 2. The van der Waals surface area contributed by atoms with Crippen LogP contribution >= 0.6 is 24.8 Å². The van der Waals surface area contributed by atoms with Crippen molar-refractivity contribution in [1.82, 2.24) is 0 Å². The third-order valence-corrected chi connectivity index (χ3v) is 1.93. The Bertz CT molecular complexity index is 266. The first-order valence-electron chi connectivity index (χ1n) is 3.96. The van der Waals surface area contributed by atoms with Gasteiger partial charge in [0.1, 0.15) is 0 Å². The highest BCUT2D eigenvalue weighted by Crippen LogP contribution is 2.24. The molecule has 0 aliphatic carbocycles. The predicted molar refractivity (Wildman–Crippen MR) is 62.5 cm³/mol. The summed E-state index contributed by atoms with van der Waals surface area (Å²) in [6.07, 6.45) is 0. The number of hydrogen-bond donors (Lipinski definition) is 2. The quantitative estimate of drug-likeness (QED) is 0.703. The van der Waals surface area contributed by atoms with Gasteiger partial charge in [0.05, 0.1) is 11.4 Å². The van der Waals surface area contributed by atoms with E-state index in [0.29, 0.717) is 6.04 Å². The van der Waals surface area contributed by atoms with E-state index in [4.69, 9.17) is 0 Å². The second kappa shape index (κ2) is 5.20. The van der Waals surface area contributed by atoms with Gasteiger partial charge in [-0.15, -0.1) is 24.8 Å². The molecule has 13 heavy (non-hydrogen) atoms. The SMILES string of the molecule is C[C@H]1CNc2ccccc2N1.Cl.Cl. The summed E-state index contributed by atoms with van der Waals surface area (Å²) in [6, 6.07) is 8.81. The maximum absolute atomic E-state index is 3.40. The summed E-state index contributed by atoms with van der Waals surface area (Å²) in [7, 11) is 0. The van der Waals surface area contributed by atoms with Gasteiger partial charge in [-0.3, -0.25) is 0 Å². The van der Waals surface area contributed by atoms with E-state index in [1.165, 1.54) is 11.4 Å². The molecule has 0 radical (unpaired) electrons. The average molecular weight is 221 g/mol. The van der Waals surface area contributed by atoms with E-state index < -0.39 is 0 Å². The summed E-state index contributed by atoms with van der Waals surface area (Å²) >= 11 is 0. The number of nitrogens with one attached hydrogen (secondary N) is 2. The fraction of sp³-hybridized carbons (Fsp3) is 0.333. The Kier molecular flexibility index (Phi) is 4.96. The van der Waals surface area contributed by atoms with E-state index in [9.17, 15) is 0 Å². The molecule has 0 saturated heterocycles. The van der Waals surface area contributed by atoms with Crippen LogP contribution in [0.15, 0.2) is 24.3 Å². The largest absolute Gasteiger partial charge is 0.381 e. The molecule has 0 spiro atoms. The van der Waals surface area contributed by atoms with E-state index in [-0.39, 0.29) is 24.8 Å². The summed E-state index contributed by atoms with van der Waals surface area (Å²) in [6.45, 7) is 3.18. The summed E-state index contributed by atoms with van der Waals surface area (Å²) in [5, 5.41) is 6.75. The lowest BCUT2D eigenvalue weighted by Gasteiger charge is -2.25. The Balaban J connectivity index is 0.000000720. The smallest absolute Gasteiger partial charge is 0.0578 e. The molecule has 2 N–H and O–H groups in total. The molecule has 0 unspecified atom stereocenters. The highest BCUT2D eigenvalue weighted by molar-refractivity contribution is 5.85. The molecule has 1 aromatic rings. The molecule has 0 aromatic heterocycles. The molecule has 1 atom stereocenters. The molecule has 0 fully saturated rings. The Hall–Kier alpha value is -0.600. The van der Waals surface area contributed by atoms with Crippen molar-refractivity contribution in [2.75, 3.05) is 17.2 Å². The zero-order valence-electron chi connectivity index (χ0n) is 7.41. The molecule has 1 aromatic carbocycles. The summed E-state index contributed by atoms with van der Waals surface area (Å²) in [4.78, 5) is 0. The van der Waals surface area contributed by atoms with Crippen molar-refractivity contribution in [1.29, 1.82) is 0 Å². The van der Waals surface area contributed by atoms with Gasteiger partial charge in [-0.25, -0.2) is 0 Å². The van der Waals surface area contributed by atoms with Crippen molar-refractivity contribution in [3.63, 3.8) is 0 Å². The first kappa shape index (κ1) is 12.4. The third kappa shape index (κ3) is 2.68. The predicted octanol–water partition coefficient (Wildman–Crippen LogP) is 2.76. The van der Waals surface area contributed by atoms with E-state index in [1.807, 2.05) is 12.1 Å². The van der Waals surface area contributed by atoms with Crippen LogP contribution < -0.4 is 10.6 Å². The molecule has 2 rings (SSSR count). The highest BCUT2D eigenvalue weighted by atomic mass is 35.5. The van der Waals surface area contributed by atoms with Gasteiger partial charge < -0.3 is 10.6 Å². The van der Waals surface area contributed by atoms with Crippen LogP contribution in [0.25, 0.3) is 0 Å². The van der Waals surface area contributed by atoms with Gasteiger partial charge in [-0.05, 0) is 19.1 Å². The normalized spacial score (nSPS) is 18.1. The van der Waals surface area contributed by atoms with Crippen molar-refractivity contribution in [3.8, 4) is 0 Å². The maximum Gasteiger partial charge on any atom is 0.0578 e. The van der Waals surface area contributed by atoms with Gasteiger partial charge >= 0.3 is 0 Å². The molecule has 0 saturated carbocycles. The van der Waals surface area contributed by atoms with E-state index >= 15 is 0 Å². The number of fused-ring (bicyclic) bond motifs is 1. The lowest BCUT2D eigenvalue weighted by atomic mass is 10.2. The average Bonchev–Trinajstić information content (AvgIpc) is 2.04. The number of para-hydroxylation sites is 2. The minimum absolute atomic E-state index is 0. The van der Waals surface area contributed by atoms with Crippen molar-refractivity contribution in [2.45, 2.75) is 13.0 Å². The maximum atomic E-state index is 3.40. The Morgan fingerprint density at radius 1 is 1.15 bits per heavy atom. The fourth-order valence-corrected chi connectivity index (χ4v) is 1.34. The Labute approximate surface area is 90.9 Å². The third-order valence-electron chi connectivity index (χ3n) is 1.93. The molecule has 4 heteroatoms. The monoisotopic (exact) mass is 220 g/mol. The van der Waals surface area contributed by atoms with Gasteiger partial charge in [0.25, 0.3) is 0 Å². The Morgan fingerprint density at radius 3 is 2.46 bits per heavy atom. The minimum atomic E-state index is 0.